The highest BCUT2D eigenvalue weighted by atomic mass is 32.2. The lowest BCUT2D eigenvalue weighted by atomic mass is 9.98. The standard InChI is InChI=1S/C15H21F2NO2S/c1-10(2)18-15(3,14(19)20-4)7-8-21-13-6-5-11(16)9-12(13)17/h5-6,9-10,18H,7-8H2,1-4H3. The Hall–Kier alpha value is -1.14. The minimum atomic E-state index is -0.827. The number of thioether (sulfide) groups is 1. The minimum absolute atomic E-state index is 0.113. The van der Waals surface area contributed by atoms with Crippen molar-refractivity contribution in [1.29, 1.82) is 0 Å². The number of hydrogen-bond donors (Lipinski definition) is 1. The van der Waals surface area contributed by atoms with Crippen molar-refractivity contribution >= 4 is 17.7 Å². The van der Waals surface area contributed by atoms with Crippen LogP contribution in [0.5, 0.6) is 0 Å². The predicted molar refractivity (Wildman–Crippen MR) is 80.4 cm³/mol. The van der Waals surface area contributed by atoms with Crippen LogP contribution in [0.15, 0.2) is 23.1 Å². The average Bonchev–Trinajstić information content (AvgIpc) is 2.39. The topological polar surface area (TPSA) is 38.3 Å². The summed E-state index contributed by atoms with van der Waals surface area (Å²) in [5, 5.41) is 3.18. The normalized spacial score (nSPS) is 14.0. The maximum Gasteiger partial charge on any atom is 0.325 e. The Bertz CT molecular complexity index is 497. The summed E-state index contributed by atoms with van der Waals surface area (Å²) < 4.78 is 31.2. The molecule has 0 aliphatic heterocycles. The summed E-state index contributed by atoms with van der Waals surface area (Å²) in [6, 6.07) is 3.59. The number of esters is 1. The monoisotopic (exact) mass is 317 g/mol. The first-order chi connectivity index (χ1) is 9.78. The van der Waals surface area contributed by atoms with Gasteiger partial charge in [0.1, 0.15) is 17.2 Å². The number of halogens is 2. The fraction of sp³-hybridized carbons (Fsp3) is 0.533. The lowest BCUT2D eigenvalue weighted by Crippen LogP contribution is -2.53. The first kappa shape index (κ1) is 17.9. The molecule has 1 aromatic carbocycles. The van der Waals surface area contributed by atoms with Crippen LogP contribution in [-0.2, 0) is 9.53 Å². The fourth-order valence-electron chi connectivity index (χ4n) is 2.05. The molecule has 1 N–H and O–H groups in total. The molecular weight excluding hydrogens is 296 g/mol. The molecule has 3 nitrogen and oxygen atoms in total. The summed E-state index contributed by atoms with van der Waals surface area (Å²) in [7, 11) is 1.34. The highest BCUT2D eigenvalue weighted by Crippen LogP contribution is 2.25. The zero-order valence-corrected chi connectivity index (χ0v) is 13.5. The van der Waals surface area contributed by atoms with Gasteiger partial charge in [0, 0.05) is 22.8 Å². The number of nitrogens with one attached hydrogen (secondary N) is 1. The van der Waals surface area contributed by atoms with Gasteiger partial charge in [0.15, 0.2) is 0 Å². The summed E-state index contributed by atoms with van der Waals surface area (Å²) in [4.78, 5) is 12.3. The lowest BCUT2D eigenvalue weighted by Gasteiger charge is -2.30. The average molecular weight is 317 g/mol. The van der Waals surface area contributed by atoms with Crippen LogP contribution < -0.4 is 5.32 Å². The van der Waals surface area contributed by atoms with Crippen LogP contribution in [0.3, 0.4) is 0 Å². The van der Waals surface area contributed by atoms with Crippen molar-refractivity contribution in [2.24, 2.45) is 0 Å². The van der Waals surface area contributed by atoms with Gasteiger partial charge in [-0.05, 0) is 39.3 Å². The smallest absolute Gasteiger partial charge is 0.325 e. The number of methoxy groups -OCH3 is 1. The number of hydrogen-bond acceptors (Lipinski definition) is 4. The van der Waals surface area contributed by atoms with E-state index in [1.165, 1.54) is 31.0 Å². The molecule has 1 rings (SSSR count). The van der Waals surface area contributed by atoms with Crippen molar-refractivity contribution in [1.82, 2.24) is 5.32 Å². The van der Waals surface area contributed by atoms with E-state index in [0.29, 0.717) is 17.1 Å². The summed E-state index contributed by atoms with van der Waals surface area (Å²) in [6.45, 7) is 5.64. The van der Waals surface area contributed by atoms with Gasteiger partial charge in [0.05, 0.1) is 7.11 Å². The Morgan fingerprint density at radius 3 is 2.62 bits per heavy atom. The zero-order valence-electron chi connectivity index (χ0n) is 12.7. The first-order valence-corrected chi connectivity index (χ1v) is 7.71. The molecule has 0 amide bonds. The maximum atomic E-state index is 13.5. The van der Waals surface area contributed by atoms with Gasteiger partial charge < -0.3 is 4.74 Å². The Morgan fingerprint density at radius 2 is 2.10 bits per heavy atom. The largest absolute Gasteiger partial charge is 0.468 e. The Balaban J connectivity index is 2.67. The van der Waals surface area contributed by atoms with Crippen molar-refractivity contribution in [3.63, 3.8) is 0 Å². The molecule has 0 aliphatic rings. The molecule has 1 atom stereocenters. The molecule has 1 aromatic rings. The van der Waals surface area contributed by atoms with E-state index in [1.807, 2.05) is 13.8 Å². The van der Waals surface area contributed by atoms with E-state index < -0.39 is 17.2 Å². The van der Waals surface area contributed by atoms with Gasteiger partial charge in [0.25, 0.3) is 0 Å². The molecule has 0 radical (unpaired) electrons. The maximum absolute atomic E-state index is 13.5. The molecule has 0 fully saturated rings. The SMILES string of the molecule is COC(=O)C(C)(CCSc1ccc(F)cc1F)NC(C)C. The molecule has 0 heterocycles. The van der Waals surface area contributed by atoms with E-state index in [1.54, 1.807) is 6.92 Å². The lowest BCUT2D eigenvalue weighted by molar-refractivity contribution is -0.148. The van der Waals surface area contributed by atoms with Gasteiger partial charge in [-0.3, -0.25) is 10.1 Å². The van der Waals surface area contributed by atoms with Gasteiger partial charge in [0.2, 0.25) is 0 Å². The quantitative estimate of drug-likeness (QED) is 0.618. The number of rotatable bonds is 7. The molecule has 0 saturated heterocycles. The molecule has 118 valence electrons. The second-order valence-corrected chi connectivity index (χ2v) is 6.43. The van der Waals surface area contributed by atoms with Crippen molar-refractivity contribution in [2.45, 2.75) is 43.7 Å². The molecule has 0 saturated carbocycles. The van der Waals surface area contributed by atoms with Crippen LogP contribution in [0.4, 0.5) is 8.78 Å². The van der Waals surface area contributed by atoms with E-state index in [4.69, 9.17) is 4.74 Å². The van der Waals surface area contributed by atoms with Gasteiger partial charge in [-0.1, -0.05) is 0 Å². The fourth-order valence-corrected chi connectivity index (χ4v) is 3.14. The molecule has 0 aromatic heterocycles. The summed E-state index contributed by atoms with van der Waals surface area (Å²) in [5.74, 6) is -1.03. The summed E-state index contributed by atoms with van der Waals surface area (Å²) in [6.07, 6.45) is 0.472. The van der Waals surface area contributed by atoms with Crippen molar-refractivity contribution < 1.29 is 18.3 Å². The van der Waals surface area contributed by atoms with Gasteiger partial charge in [-0.2, -0.15) is 0 Å². The Morgan fingerprint density at radius 1 is 1.43 bits per heavy atom. The third-order valence-electron chi connectivity index (χ3n) is 3.00. The number of carbonyl (C=O) groups is 1. The number of benzene rings is 1. The highest BCUT2D eigenvalue weighted by Gasteiger charge is 2.34. The number of carbonyl (C=O) groups excluding carboxylic acids is 1. The molecular formula is C15H21F2NO2S. The Labute approximate surface area is 128 Å². The van der Waals surface area contributed by atoms with Crippen molar-refractivity contribution in [2.75, 3.05) is 12.9 Å². The molecule has 6 heteroatoms. The van der Waals surface area contributed by atoms with Gasteiger partial charge in [-0.25, -0.2) is 8.78 Å². The Kier molecular flexibility index (Phi) is 6.61. The molecule has 0 bridgehead atoms. The second kappa shape index (κ2) is 7.75. The molecule has 0 spiro atoms. The second-order valence-electron chi connectivity index (χ2n) is 5.30. The molecule has 21 heavy (non-hydrogen) atoms. The third-order valence-corrected chi connectivity index (χ3v) is 4.05. The third kappa shape index (κ3) is 5.28. The van der Waals surface area contributed by atoms with Crippen LogP contribution in [0.1, 0.15) is 27.2 Å². The zero-order chi connectivity index (χ0) is 16.0. The van der Waals surface area contributed by atoms with Crippen molar-refractivity contribution in [3.8, 4) is 0 Å². The van der Waals surface area contributed by atoms with Gasteiger partial charge in [-0.15, -0.1) is 11.8 Å². The molecule has 0 aliphatic carbocycles. The van der Waals surface area contributed by atoms with Gasteiger partial charge >= 0.3 is 5.97 Å². The van der Waals surface area contributed by atoms with Crippen molar-refractivity contribution in [3.05, 3.63) is 29.8 Å². The van der Waals surface area contributed by atoms with Crippen LogP contribution >= 0.6 is 11.8 Å². The molecule has 1 unspecified atom stereocenters. The van der Waals surface area contributed by atoms with E-state index in [9.17, 15) is 13.6 Å². The van der Waals surface area contributed by atoms with Crippen LogP contribution in [0.2, 0.25) is 0 Å². The number of ether oxygens (including phenoxy) is 1. The van der Waals surface area contributed by atoms with Crippen LogP contribution in [-0.4, -0.2) is 30.4 Å². The van der Waals surface area contributed by atoms with Crippen LogP contribution in [0, 0.1) is 11.6 Å². The summed E-state index contributed by atoms with van der Waals surface area (Å²) in [5.41, 5.74) is -0.827. The first-order valence-electron chi connectivity index (χ1n) is 6.72. The van der Waals surface area contributed by atoms with E-state index in [-0.39, 0.29) is 12.0 Å². The van der Waals surface area contributed by atoms with E-state index >= 15 is 0 Å². The van der Waals surface area contributed by atoms with E-state index in [0.717, 1.165) is 6.07 Å². The minimum Gasteiger partial charge on any atom is -0.468 e. The van der Waals surface area contributed by atoms with Crippen LogP contribution in [0.25, 0.3) is 0 Å². The predicted octanol–water partition coefficient (Wildman–Crippen LogP) is 3.38. The summed E-state index contributed by atoms with van der Waals surface area (Å²) >= 11 is 1.25. The highest BCUT2D eigenvalue weighted by molar-refractivity contribution is 7.99. The van der Waals surface area contributed by atoms with E-state index in [2.05, 4.69) is 5.32 Å².